The van der Waals surface area contributed by atoms with Crippen molar-refractivity contribution in [1.82, 2.24) is 4.98 Å². The van der Waals surface area contributed by atoms with Crippen LogP contribution in [0.5, 0.6) is 11.5 Å². The lowest BCUT2D eigenvalue weighted by molar-refractivity contribution is -0.389. The molecule has 0 amide bonds. The molecule has 0 aliphatic heterocycles. The van der Waals surface area contributed by atoms with Crippen molar-refractivity contribution < 1.29 is 36.3 Å². The molecule has 0 fully saturated rings. The molecular formula is C8H5F5N2O4. The molecule has 1 rings (SSSR count). The Hall–Kier alpha value is -2.20. The normalized spacial score (nSPS) is 11.5. The molecule has 0 unspecified atom stereocenters. The number of hydrogen-bond donors (Lipinski definition) is 0. The Morgan fingerprint density at radius 3 is 2.37 bits per heavy atom. The molecule has 0 N–H and O–H groups in total. The average Bonchev–Trinajstić information content (AvgIpc) is 2.26. The quantitative estimate of drug-likeness (QED) is 0.484. The van der Waals surface area contributed by atoms with Gasteiger partial charge in [-0.3, -0.25) is 0 Å². The van der Waals surface area contributed by atoms with Crippen molar-refractivity contribution in [3.05, 3.63) is 21.9 Å². The maximum Gasteiger partial charge on any atom is 0.573 e. The number of rotatable bonds is 4. The Morgan fingerprint density at radius 1 is 1.42 bits per heavy atom. The molecule has 0 aliphatic rings. The molecule has 0 bridgehead atoms. The van der Waals surface area contributed by atoms with Crippen LogP contribution in [0.2, 0.25) is 0 Å². The maximum atomic E-state index is 12.6. The van der Waals surface area contributed by atoms with Crippen LogP contribution >= 0.6 is 0 Å². The zero-order valence-corrected chi connectivity index (χ0v) is 9.07. The van der Waals surface area contributed by atoms with Crippen molar-refractivity contribution in [2.24, 2.45) is 0 Å². The predicted octanol–water partition coefficient (Wildman–Crippen LogP) is 2.83. The summed E-state index contributed by atoms with van der Waals surface area (Å²) in [4.78, 5) is 12.1. The molecule has 1 aromatic heterocycles. The first-order valence-corrected chi connectivity index (χ1v) is 4.43. The number of hydrogen-bond acceptors (Lipinski definition) is 5. The number of nitrogens with zero attached hydrogens (tertiary/aromatic N) is 2. The highest BCUT2D eigenvalue weighted by molar-refractivity contribution is 5.48. The molecule has 106 valence electrons. The lowest BCUT2D eigenvalue weighted by Crippen LogP contribution is -2.19. The fourth-order valence-electron chi connectivity index (χ4n) is 1.13. The molecule has 0 atom stereocenters. The van der Waals surface area contributed by atoms with E-state index in [9.17, 15) is 32.1 Å². The van der Waals surface area contributed by atoms with Gasteiger partial charge in [-0.05, 0) is 9.91 Å². The summed E-state index contributed by atoms with van der Waals surface area (Å²) in [7, 11) is 0.845. The van der Waals surface area contributed by atoms with Crippen molar-refractivity contribution >= 4 is 5.82 Å². The summed E-state index contributed by atoms with van der Waals surface area (Å²) in [5.41, 5.74) is -1.52. The van der Waals surface area contributed by atoms with Crippen LogP contribution in [-0.4, -0.2) is 23.4 Å². The molecule has 0 saturated carbocycles. The lowest BCUT2D eigenvalue weighted by Gasteiger charge is -2.13. The highest BCUT2D eigenvalue weighted by atomic mass is 19.4. The first-order chi connectivity index (χ1) is 8.65. The van der Waals surface area contributed by atoms with Crippen LogP contribution in [0.15, 0.2) is 6.07 Å². The summed E-state index contributed by atoms with van der Waals surface area (Å²) in [5, 5.41) is 10.4. The molecule has 1 heterocycles. The SMILES string of the molecule is COc1cc([N+](=O)[O-])nc(C(F)F)c1OC(F)(F)F. The van der Waals surface area contributed by atoms with Crippen LogP contribution in [0.25, 0.3) is 0 Å². The molecule has 19 heavy (non-hydrogen) atoms. The molecule has 0 aromatic carbocycles. The van der Waals surface area contributed by atoms with Gasteiger partial charge >= 0.3 is 18.6 Å². The Kier molecular flexibility index (Phi) is 4.07. The zero-order valence-electron chi connectivity index (χ0n) is 9.07. The van der Waals surface area contributed by atoms with Gasteiger partial charge in [-0.1, -0.05) is 0 Å². The Balaban J connectivity index is 3.45. The van der Waals surface area contributed by atoms with Crippen LogP contribution in [0.1, 0.15) is 12.1 Å². The van der Waals surface area contributed by atoms with Crippen LogP contribution in [0.3, 0.4) is 0 Å². The van der Waals surface area contributed by atoms with E-state index in [1.807, 2.05) is 0 Å². The van der Waals surface area contributed by atoms with Crippen LogP contribution < -0.4 is 9.47 Å². The van der Waals surface area contributed by atoms with Crippen LogP contribution in [0, 0.1) is 10.1 Å². The first-order valence-electron chi connectivity index (χ1n) is 4.43. The number of nitro groups is 1. The van der Waals surface area contributed by atoms with Gasteiger partial charge in [0.1, 0.15) is 0 Å². The first kappa shape index (κ1) is 14.9. The lowest BCUT2D eigenvalue weighted by atomic mass is 10.3. The van der Waals surface area contributed by atoms with E-state index in [1.54, 1.807) is 0 Å². The zero-order chi connectivity index (χ0) is 14.8. The summed E-state index contributed by atoms with van der Waals surface area (Å²) in [6, 6.07) is 0.451. The molecule has 0 aliphatic carbocycles. The van der Waals surface area contributed by atoms with E-state index in [0.29, 0.717) is 6.07 Å². The molecule has 0 saturated heterocycles. The second-order valence-electron chi connectivity index (χ2n) is 3.00. The third-order valence-corrected chi connectivity index (χ3v) is 1.78. The van der Waals surface area contributed by atoms with E-state index >= 15 is 0 Å². The van der Waals surface area contributed by atoms with Crippen LogP contribution in [-0.2, 0) is 0 Å². The van der Waals surface area contributed by atoms with E-state index in [0.717, 1.165) is 7.11 Å². The van der Waals surface area contributed by atoms with Gasteiger partial charge in [-0.15, -0.1) is 13.2 Å². The Bertz CT molecular complexity index is 491. The van der Waals surface area contributed by atoms with Crippen LogP contribution in [0.4, 0.5) is 27.8 Å². The number of aromatic nitrogens is 1. The highest BCUT2D eigenvalue weighted by Gasteiger charge is 2.38. The summed E-state index contributed by atoms with van der Waals surface area (Å²) in [6.45, 7) is 0. The average molecular weight is 288 g/mol. The van der Waals surface area contributed by atoms with Gasteiger partial charge < -0.3 is 19.6 Å². The summed E-state index contributed by atoms with van der Waals surface area (Å²) in [6.07, 6.45) is -8.78. The van der Waals surface area contributed by atoms with Gasteiger partial charge in [0.2, 0.25) is 5.75 Å². The minimum Gasteiger partial charge on any atom is -0.492 e. The number of ether oxygens (including phenoxy) is 2. The van der Waals surface area contributed by atoms with E-state index in [2.05, 4.69) is 14.5 Å². The fraction of sp³-hybridized carbons (Fsp3) is 0.375. The molecule has 1 aromatic rings. The molecule has 0 radical (unpaired) electrons. The summed E-state index contributed by atoms with van der Waals surface area (Å²) in [5.74, 6) is -3.36. The topological polar surface area (TPSA) is 74.5 Å². The largest absolute Gasteiger partial charge is 0.573 e. The van der Waals surface area contributed by atoms with Crippen molar-refractivity contribution in [2.75, 3.05) is 7.11 Å². The van der Waals surface area contributed by atoms with E-state index in [-0.39, 0.29) is 0 Å². The predicted molar refractivity (Wildman–Crippen MR) is 49.1 cm³/mol. The monoisotopic (exact) mass is 288 g/mol. The number of pyridine rings is 1. The Morgan fingerprint density at radius 2 is 2.00 bits per heavy atom. The second kappa shape index (κ2) is 5.20. The number of methoxy groups -OCH3 is 1. The van der Waals surface area contributed by atoms with E-state index in [4.69, 9.17) is 0 Å². The number of halogens is 5. The third kappa shape index (κ3) is 3.63. The van der Waals surface area contributed by atoms with Gasteiger partial charge in [0.05, 0.1) is 13.2 Å². The van der Waals surface area contributed by atoms with Crippen molar-refractivity contribution in [2.45, 2.75) is 12.8 Å². The van der Waals surface area contributed by atoms with Gasteiger partial charge in [-0.2, -0.15) is 0 Å². The van der Waals surface area contributed by atoms with Gasteiger partial charge in [0.15, 0.2) is 5.75 Å². The summed E-state index contributed by atoms with van der Waals surface area (Å²) < 4.78 is 69.1. The smallest absolute Gasteiger partial charge is 0.492 e. The fourth-order valence-corrected chi connectivity index (χ4v) is 1.13. The third-order valence-electron chi connectivity index (χ3n) is 1.78. The Labute approximate surface area is 101 Å². The summed E-state index contributed by atoms with van der Waals surface area (Å²) >= 11 is 0. The van der Waals surface area contributed by atoms with Gasteiger partial charge in [0.25, 0.3) is 5.69 Å². The van der Waals surface area contributed by atoms with E-state index < -0.39 is 40.7 Å². The molecule has 0 spiro atoms. The highest BCUT2D eigenvalue weighted by Crippen LogP contribution is 2.40. The van der Waals surface area contributed by atoms with Gasteiger partial charge in [0, 0.05) is 0 Å². The molecular weight excluding hydrogens is 283 g/mol. The standard InChI is InChI=1S/C8H5F5N2O4/c1-18-3-2-4(15(16)17)14-5(7(9)10)6(3)19-8(11,12)13/h2,7H,1H3. The van der Waals surface area contributed by atoms with Crippen molar-refractivity contribution in [3.63, 3.8) is 0 Å². The van der Waals surface area contributed by atoms with E-state index in [1.165, 1.54) is 0 Å². The maximum absolute atomic E-state index is 12.6. The second-order valence-corrected chi connectivity index (χ2v) is 3.00. The molecule has 11 heteroatoms. The number of alkyl halides is 5. The van der Waals surface area contributed by atoms with Crippen molar-refractivity contribution in [1.29, 1.82) is 0 Å². The van der Waals surface area contributed by atoms with Crippen molar-refractivity contribution in [3.8, 4) is 11.5 Å². The minimum absolute atomic E-state index is 0.451. The minimum atomic E-state index is -5.27. The molecule has 6 nitrogen and oxygen atoms in total. The van der Waals surface area contributed by atoms with Gasteiger partial charge in [-0.25, -0.2) is 8.78 Å².